The summed E-state index contributed by atoms with van der Waals surface area (Å²) in [4.78, 5) is 12.8. The summed E-state index contributed by atoms with van der Waals surface area (Å²) in [6.45, 7) is 3.91. The van der Waals surface area contributed by atoms with E-state index in [9.17, 15) is 13.2 Å². The van der Waals surface area contributed by atoms with Crippen LogP contribution in [0.5, 0.6) is 11.5 Å². The average molecular weight is 479 g/mol. The fourth-order valence-electron chi connectivity index (χ4n) is 3.20. The van der Waals surface area contributed by atoms with E-state index in [-0.39, 0.29) is 10.8 Å². The van der Waals surface area contributed by atoms with Gasteiger partial charge in [0.1, 0.15) is 22.0 Å². The van der Waals surface area contributed by atoms with Crippen LogP contribution in [-0.4, -0.2) is 49.9 Å². The minimum Gasteiger partial charge on any atom is -0.493 e. The average Bonchev–Trinajstić information content (AvgIpc) is 3.26. The zero-order valence-corrected chi connectivity index (χ0v) is 19.9. The summed E-state index contributed by atoms with van der Waals surface area (Å²) in [7, 11) is -0.851. The maximum Gasteiger partial charge on any atom is 0.243 e. The summed E-state index contributed by atoms with van der Waals surface area (Å²) < 4.78 is 47.2. The molecule has 0 aliphatic carbocycles. The first kappa shape index (κ1) is 23.9. The lowest BCUT2D eigenvalue weighted by atomic mass is 10.0. The molecule has 1 heterocycles. The van der Waals surface area contributed by atoms with Crippen LogP contribution in [0.15, 0.2) is 41.3 Å². The number of fused-ring (bicyclic) bond motifs is 1. The van der Waals surface area contributed by atoms with Gasteiger partial charge in [0.25, 0.3) is 0 Å². The van der Waals surface area contributed by atoms with Gasteiger partial charge in [-0.25, -0.2) is 8.42 Å². The second-order valence-electron chi connectivity index (χ2n) is 7.46. The second-order valence-corrected chi connectivity index (χ2v) is 9.67. The van der Waals surface area contributed by atoms with Crippen molar-refractivity contribution >= 4 is 38.7 Å². The molecule has 1 amide bonds. The number of hydrogen-bond donors (Lipinski definition) is 2. The molecule has 1 atom stereocenters. The third-order valence-electron chi connectivity index (χ3n) is 4.93. The molecule has 0 spiro atoms. The molecule has 32 heavy (non-hydrogen) atoms. The number of benzene rings is 2. The van der Waals surface area contributed by atoms with Gasteiger partial charge in [-0.15, -0.1) is 0 Å². The molecule has 11 heteroatoms. The normalized spacial score (nSPS) is 12.7. The summed E-state index contributed by atoms with van der Waals surface area (Å²) in [5.41, 5.74) is 1.74. The lowest BCUT2D eigenvalue weighted by Gasteiger charge is -2.21. The van der Waals surface area contributed by atoms with Gasteiger partial charge in [-0.1, -0.05) is 26.0 Å². The molecule has 0 bridgehead atoms. The molecule has 2 aromatic carbocycles. The Balaban J connectivity index is 1.68. The van der Waals surface area contributed by atoms with Crippen molar-refractivity contribution in [2.24, 2.45) is 5.92 Å². The van der Waals surface area contributed by atoms with Gasteiger partial charge in [0, 0.05) is 6.54 Å². The molecule has 0 saturated carbocycles. The van der Waals surface area contributed by atoms with E-state index in [0.29, 0.717) is 35.5 Å². The Morgan fingerprint density at radius 3 is 2.53 bits per heavy atom. The largest absolute Gasteiger partial charge is 0.493 e. The first-order chi connectivity index (χ1) is 15.3. The number of amides is 1. The van der Waals surface area contributed by atoms with Gasteiger partial charge in [-0.3, -0.25) is 4.79 Å². The highest BCUT2D eigenvalue weighted by Gasteiger charge is 2.29. The molecule has 0 unspecified atom stereocenters. The van der Waals surface area contributed by atoms with E-state index in [4.69, 9.17) is 9.47 Å². The van der Waals surface area contributed by atoms with E-state index in [0.717, 1.165) is 17.3 Å². The Morgan fingerprint density at radius 1 is 1.09 bits per heavy atom. The van der Waals surface area contributed by atoms with Crippen molar-refractivity contribution in [3.05, 3.63) is 42.0 Å². The van der Waals surface area contributed by atoms with Gasteiger partial charge in [-0.05, 0) is 42.2 Å². The van der Waals surface area contributed by atoms with Crippen molar-refractivity contribution in [1.82, 2.24) is 18.8 Å². The third kappa shape index (κ3) is 5.34. The predicted molar refractivity (Wildman–Crippen MR) is 123 cm³/mol. The lowest BCUT2D eigenvalue weighted by molar-refractivity contribution is -0.123. The number of nitrogens with one attached hydrogen (secondary N) is 2. The monoisotopic (exact) mass is 478 g/mol. The zero-order valence-electron chi connectivity index (χ0n) is 18.3. The van der Waals surface area contributed by atoms with Crippen molar-refractivity contribution in [2.75, 3.05) is 20.8 Å². The maximum absolute atomic E-state index is 13.0. The molecular weight excluding hydrogens is 452 g/mol. The molecule has 2 N–H and O–H groups in total. The number of carbonyl (C=O) groups excluding carboxylic acids is 1. The van der Waals surface area contributed by atoms with Gasteiger partial charge >= 0.3 is 0 Å². The van der Waals surface area contributed by atoms with Gasteiger partial charge in [0.15, 0.2) is 11.5 Å². The number of aromatic nitrogens is 2. The van der Waals surface area contributed by atoms with Crippen LogP contribution >= 0.6 is 11.7 Å². The van der Waals surface area contributed by atoms with Crippen molar-refractivity contribution in [3.63, 3.8) is 0 Å². The molecule has 0 radical (unpaired) electrons. The van der Waals surface area contributed by atoms with Crippen molar-refractivity contribution < 1.29 is 22.7 Å². The van der Waals surface area contributed by atoms with Crippen molar-refractivity contribution in [3.8, 4) is 11.5 Å². The quantitative estimate of drug-likeness (QED) is 0.459. The number of rotatable bonds is 10. The molecule has 3 rings (SSSR count). The van der Waals surface area contributed by atoms with Crippen LogP contribution < -0.4 is 19.5 Å². The summed E-state index contributed by atoms with van der Waals surface area (Å²) >= 11 is 0.940. The topological polar surface area (TPSA) is 120 Å². The number of sulfonamides is 1. The minimum atomic E-state index is -3.98. The first-order valence-corrected chi connectivity index (χ1v) is 12.2. The smallest absolute Gasteiger partial charge is 0.243 e. The SMILES string of the molecule is COc1ccc(CCNC(=O)[C@@H](NS(=O)(=O)c2cccc3nsnc23)C(C)C)cc1OC. The fourth-order valence-corrected chi connectivity index (χ4v) is 5.31. The maximum atomic E-state index is 13.0. The number of carbonyl (C=O) groups is 1. The van der Waals surface area contributed by atoms with Crippen molar-refractivity contribution in [2.45, 2.75) is 31.2 Å². The highest BCUT2D eigenvalue weighted by atomic mass is 32.2. The Hall–Kier alpha value is -2.76. The van der Waals surface area contributed by atoms with Crippen LogP contribution in [0.2, 0.25) is 0 Å². The Kier molecular flexibility index (Phi) is 7.64. The van der Waals surface area contributed by atoms with E-state index >= 15 is 0 Å². The van der Waals surface area contributed by atoms with E-state index < -0.39 is 22.0 Å². The van der Waals surface area contributed by atoms with Gasteiger partial charge < -0.3 is 14.8 Å². The minimum absolute atomic E-state index is 0.00697. The van der Waals surface area contributed by atoms with Crippen LogP contribution in [0.3, 0.4) is 0 Å². The van der Waals surface area contributed by atoms with Crippen LogP contribution in [0.4, 0.5) is 0 Å². The molecule has 0 fully saturated rings. The summed E-state index contributed by atoms with van der Waals surface area (Å²) in [6.07, 6.45) is 0.549. The first-order valence-electron chi connectivity index (χ1n) is 9.99. The summed E-state index contributed by atoms with van der Waals surface area (Å²) in [5.74, 6) is 0.570. The molecule has 9 nitrogen and oxygen atoms in total. The third-order valence-corrected chi connectivity index (χ3v) is 6.95. The van der Waals surface area contributed by atoms with Gasteiger partial charge in [-0.2, -0.15) is 13.5 Å². The van der Waals surface area contributed by atoms with E-state index in [1.54, 1.807) is 46.3 Å². The summed E-state index contributed by atoms with van der Waals surface area (Å²) in [6, 6.07) is 9.35. The number of ether oxygens (including phenoxy) is 2. The molecular formula is C21H26N4O5S2. The number of methoxy groups -OCH3 is 2. The Morgan fingerprint density at radius 2 is 1.84 bits per heavy atom. The van der Waals surface area contributed by atoms with Gasteiger partial charge in [0.05, 0.1) is 25.9 Å². The van der Waals surface area contributed by atoms with E-state index in [2.05, 4.69) is 18.8 Å². The van der Waals surface area contributed by atoms with E-state index in [1.807, 2.05) is 12.1 Å². The number of hydrogen-bond acceptors (Lipinski definition) is 8. The second kappa shape index (κ2) is 10.2. The van der Waals surface area contributed by atoms with E-state index in [1.165, 1.54) is 6.07 Å². The number of nitrogens with zero attached hydrogens (tertiary/aromatic N) is 2. The van der Waals surface area contributed by atoms with Crippen LogP contribution in [0, 0.1) is 5.92 Å². The molecule has 172 valence electrons. The fraction of sp³-hybridized carbons (Fsp3) is 0.381. The highest BCUT2D eigenvalue weighted by Crippen LogP contribution is 2.27. The Bertz CT molecular complexity index is 1190. The van der Waals surface area contributed by atoms with Crippen LogP contribution in [0.25, 0.3) is 11.0 Å². The lowest BCUT2D eigenvalue weighted by Crippen LogP contribution is -2.50. The zero-order chi connectivity index (χ0) is 23.3. The highest BCUT2D eigenvalue weighted by molar-refractivity contribution is 7.89. The van der Waals surface area contributed by atoms with Gasteiger partial charge in [0.2, 0.25) is 15.9 Å². The standard InChI is InChI=1S/C21H26N4O5S2/c1-13(2)19(25-32(27,28)18-7-5-6-15-20(18)24-31-23-15)21(26)22-11-10-14-8-9-16(29-3)17(12-14)30-4/h5-9,12-13,19,25H,10-11H2,1-4H3,(H,22,26)/t19-/m0/s1. The van der Waals surface area contributed by atoms with Crippen LogP contribution in [0.1, 0.15) is 19.4 Å². The van der Waals surface area contributed by atoms with Crippen molar-refractivity contribution in [1.29, 1.82) is 0 Å². The molecule has 0 saturated heterocycles. The van der Waals surface area contributed by atoms with Crippen LogP contribution in [-0.2, 0) is 21.2 Å². The molecule has 1 aromatic heterocycles. The molecule has 0 aliphatic rings. The summed E-state index contributed by atoms with van der Waals surface area (Å²) in [5, 5.41) is 2.82. The molecule has 3 aromatic rings. The molecule has 0 aliphatic heterocycles. The Labute approximate surface area is 191 Å². The predicted octanol–water partition coefficient (Wildman–Crippen LogP) is 2.37.